The van der Waals surface area contributed by atoms with Crippen molar-refractivity contribution in [2.24, 2.45) is 0 Å². The van der Waals surface area contributed by atoms with Crippen LogP contribution in [0.15, 0.2) is 24.4 Å². The van der Waals surface area contributed by atoms with E-state index in [1.54, 1.807) is 24.4 Å². The van der Waals surface area contributed by atoms with Crippen LogP contribution in [-0.2, 0) is 4.79 Å². The highest BCUT2D eigenvalue weighted by Crippen LogP contribution is 2.34. The summed E-state index contributed by atoms with van der Waals surface area (Å²) in [5.41, 5.74) is 0.784. The number of benzene rings is 1. The van der Waals surface area contributed by atoms with Crippen molar-refractivity contribution in [3.8, 4) is 5.75 Å². The van der Waals surface area contributed by atoms with Crippen molar-refractivity contribution in [2.75, 3.05) is 0 Å². The molecule has 5 heteroatoms. The molecule has 4 nitrogen and oxygen atoms in total. The number of fused-ring (bicyclic) bond motifs is 1. The zero-order chi connectivity index (χ0) is 16.1. The number of aromatic hydroxyl groups is 1. The van der Waals surface area contributed by atoms with Gasteiger partial charge in [0, 0.05) is 22.6 Å². The van der Waals surface area contributed by atoms with Crippen LogP contribution in [0.2, 0.25) is 5.02 Å². The van der Waals surface area contributed by atoms with Gasteiger partial charge in [-0.3, -0.25) is 4.79 Å². The summed E-state index contributed by atoms with van der Waals surface area (Å²) in [4.78, 5) is 11.2. The summed E-state index contributed by atoms with van der Waals surface area (Å²) in [7, 11) is 0. The lowest BCUT2D eigenvalue weighted by Crippen LogP contribution is -2.13. The molecule has 0 aliphatic heterocycles. The Hall–Kier alpha value is -1.68. The molecule has 1 unspecified atom stereocenters. The Morgan fingerprint density at radius 1 is 1.32 bits per heavy atom. The van der Waals surface area contributed by atoms with E-state index >= 15 is 0 Å². The van der Waals surface area contributed by atoms with E-state index in [0.717, 1.165) is 37.6 Å². The highest BCUT2D eigenvalue weighted by Gasteiger charge is 2.19. The zero-order valence-corrected chi connectivity index (χ0v) is 13.5. The number of carbonyl (C=O) groups is 1. The lowest BCUT2D eigenvalue weighted by molar-refractivity contribution is -0.137. The first-order valence-corrected chi connectivity index (χ1v) is 8.11. The molecule has 0 fully saturated rings. The van der Waals surface area contributed by atoms with Gasteiger partial charge in [0.05, 0.1) is 11.9 Å². The second kappa shape index (κ2) is 7.54. The average Bonchev–Trinajstić information content (AvgIpc) is 2.78. The Kier molecular flexibility index (Phi) is 5.72. The standard InChI is InChI=1S/C17H22ClNO3/c1-2-3-4-5-6-13(10-17(21)22)19-11-16(20)14-8-7-12(18)9-15(14)19/h7-9,11,13,20H,2-6,10H2,1H3,(H,21,22). The molecule has 2 N–H and O–H groups in total. The number of hydrogen-bond acceptors (Lipinski definition) is 2. The molecule has 0 saturated heterocycles. The second-order valence-electron chi connectivity index (χ2n) is 5.68. The van der Waals surface area contributed by atoms with E-state index in [-0.39, 0.29) is 18.2 Å². The lowest BCUT2D eigenvalue weighted by Gasteiger charge is -2.18. The fourth-order valence-corrected chi connectivity index (χ4v) is 3.02. The molecule has 0 radical (unpaired) electrons. The van der Waals surface area contributed by atoms with Crippen LogP contribution in [0.4, 0.5) is 0 Å². The third-order valence-electron chi connectivity index (χ3n) is 3.97. The van der Waals surface area contributed by atoms with Crippen LogP contribution in [-0.4, -0.2) is 20.7 Å². The molecule has 2 rings (SSSR count). The topological polar surface area (TPSA) is 62.5 Å². The molecule has 22 heavy (non-hydrogen) atoms. The van der Waals surface area contributed by atoms with E-state index in [4.69, 9.17) is 11.6 Å². The first-order valence-electron chi connectivity index (χ1n) is 7.73. The summed E-state index contributed by atoms with van der Waals surface area (Å²) in [5, 5.41) is 20.5. The van der Waals surface area contributed by atoms with E-state index in [9.17, 15) is 15.0 Å². The maximum Gasteiger partial charge on any atom is 0.305 e. The summed E-state index contributed by atoms with van der Waals surface area (Å²) in [6, 6.07) is 5.09. The molecule has 0 saturated carbocycles. The Labute approximate surface area is 135 Å². The highest BCUT2D eigenvalue weighted by atomic mass is 35.5. The molecular formula is C17H22ClNO3. The summed E-state index contributed by atoms with van der Waals surface area (Å²) in [5.74, 6) is -0.667. The quantitative estimate of drug-likeness (QED) is 0.673. The normalized spacial score (nSPS) is 12.6. The second-order valence-corrected chi connectivity index (χ2v) is 6.12. The van der Waals surface area contributed by atoms with E-state index in [2.05, 4.69) is 6.92 Å². The largest absolute Gasteiger partial charge is 0.506 e. The van der Waals surface area contributed by atoms with Crippen molar-refractivity contribution in [2.45, 2.75) is 51.5 Å². The third-order valence-corrected chi connectivity index (χ3v) is 4.20. The minimum Gasteiger partial charge on any atom is -0.506 e. The van der Waals surface area contributed by atoms with Gasteiger partial charge in [-0.25, -0.2) is 0 Å². The van der Waals surface area contributed by atoms with E-state index in [1.807, 2.05) is 4.57 Å². The van der Waals surface area contributed by atoms with Crippen LogP contribution in [0.5, 0.6) is 5.75 Å². The molecule has 0 aliphatic rings. The van der Waals surface area contributed by atoms with Gasteiger partial charge in [-0.2, -0.15) is 0 Å². The summed E-state index contributed by atoms with van der Waals surface area (Å²) in [6.45, 7) is 2.15. The molecule has 0 aliphatic carbocycles. The van der Waals surface area contributed by atoms with Crippen LogP contribution in [0.25, 0.3) is 10.9 Å². The van der Waals surface area contributed by atoms with Gasteiger partial charge in [0.25, 0.3) is 0 Å². The summed E-state index contributed by atoms with van der Waals surface area (Å²) >= 11 is 6.04. The number of nitrogens with zero attached hydrogens (tertiary/aromatic N) is 1. The molecule has 1 aromatic heterocycles. The maximum atomic E-state index is 11.2. The van der Waals surface area contributed by atoms with Gasteiger partial charge in [0.2, 0.25) is 0 Å². The van der Waals surface area contributed by atoms with Gasteiger partial charge in [-0.15, -0.1) is 0 Å². The van der Waals surface area contributed by atoms with Crippen molar-refractivity contribution in [1.82, 2.24) is 4.57 Å². The molecular weight excluding hydrogens is 302 g/mol. The smallest absolute Gasteiger partial charge is 0.305 e. The highest BCUT2D eigenvalue weighted by molar-refractivity contribution is 6.31. The number of carboxylic acid groups (broad SMARTS) is 1. The first-order chi connectivity index (χ1) is 10.5. The number of rotatable bonds is 8. The first kappa shape index (κ1) is 16.7. The summed E-state index contributed by atoms with van der Waals surface area (Å²) in [6.07, 6.45) is 6.82. The molecule has 2 aromatic rings. The Morgan fingerprint density at radius 2 is 2.09 bits per heavy atom. The number of carboxylic acids is 1. The van der Waals surface area contributed by atoms with Crippen molar-refractivity contribution in [3.63, 3.8) is 0 Å². The van der Waals surface area contributed by atoms with Gasteiger partial charge < -0.3 is 14.8 Å². The predicted molar refractivity (Wildman–Crippen MR) is 88.7 cm³/mol. The number of aromatic nitrogens is 1. The minimum absolute atomic E-state index is 0.0435. The number of unbranched alkanes of at least 4 members (excludes halogenated alkanes) is 3. The van der Waals surface area contributed by atoms with Crippen LogP contribution in [0, 0.1) is 0 Å². The third kappa shape index (κ3) is 3.95. The minimum atomic E-state index is -0.830. The van der Waals surface area contributed by atoms with Gasteiger partial charge in [-0.05, 0) is 24.6 Å². The Balaban J connectivity index is 2.29. The van der Waals surface area contributed by atoms with Crippen molar-refractivity contribution >= 4 is 28.5 Å². The SMILES string of the molecule is CCCCCCC(CC(=O)O)n1cc(O)c2ccc(Cl)cc21. The zero-order valence-electron chi connectivity index (χ0n) is 12.8. The average molecular weight is 324 g/mol. The van der Waals surface area contributed by atoms with E-state index < -0.39 is 5.97 Å². The number of hydrogen-bond donors (Lipinski definition) is 2. The molecule has 1 aromatic carbocycles. The molecule has 0 bridgehead atoms. The van der Waals surface area contributed by atoms with Crippen LogP contribution < -0.4 is 0 Å². The van der Waals surface area contributed by atoms with Crippen molar-refractivity contribution in [3.05, 3.63) is 29.4 Å². The molecule has 120 valence electrons. The van der Waals surface area contributed by atoms with Gasteiger partial charge in [0.15, 0.2) is 0 Å². The molecule has 0 amide bonds. The fourth-order valence-electron chi connectivity index (χ4n) is 2.86. The lowest BCUT2D eigenvalue weighted by atomic mass is 10.0. The number of halogens is 1. The van der Waals surface area contributed by atoms with Gasteiger partial charge in [-0.1, -0.05) is 44.2 Å². The van der Waals surface area contributed by atoms with Crippen LogP contribution in [0.1, 0.15) is 51.5 Å². The van der Waals surface area contributed by atoms with E-state index in [1.165, 1.54) is 0 Å². The monoisotopic (exact) mass is 323 g/mol. The van der Waals surface area contributed by atoms with E-state index in [0.29, 0.717) is 10.4 Å². The van der Waals surface area contributed by atoms with Crippen molar-refractivity contribution in [1.29, 1.82) is 0 Å². The number of aliphatic carboxylic acids is 1. The summed E-state index contributed by atoms with van der Waals surface area (Å²) < 4.78 is 1.86. The van der Waals surface area contributed by atoms with Crippen molar-refractivity contribution < 1.29 is 15.0 Å². The Morgan fingerprint density at radius 3 is 2.77 bits per heavy atom. The van der Waals surface area contributed by atoms with Gasteiger partial charge >= 0.3 is 5.97 Å². The molecule has 1 atom stereocenters. The van der Waals surface area contributed by atoms with Crippen LogP contribution >= 0.6 is 11.6 Å². The predicted octanol–water partition coefficient (Wildman–Crippen LogP) is 4.99. The maximum absolute atomic E-state index is 11.2. The molecule has 1 heterocycles. The van der Waals surface area contributed by atoms with Gasteiger partial charge in [0.1, 0.15) is 5.75 Å². The molecule has 0 spiro atoms. The Bertz CT molecular complexity index is 651. The van der Waals surface area contributed by atoms with Crippen LogP contribution in [0.3, 0.4) is 0 Å². The fraction of sp³-hybridized carbons (Fsp3) is 0.471.